The van der Waals surface area contributed by atoms with Gasteiger partial charge in [-0.3, -0.25) is 9.78 Å². The molecule has 0 spiro atoms. The van der Waals surface area contributed by atoms with Gasteiger partial charge >= 0.3 is 0 Å². The van der Waals surface area contributed by atoms with Gasteiger partial charge in [0, 0.05) is 26.8 Å². The van der Waals surface area contributed by atoms with Crippen LogP contribution in [-0.2, 0) is 10.0 Å². The maximum absolute atomic E-state index is 11.6. The Morgan fingerprint density at radius 1 is 1.50 bits per heavy atom. The van der Waals surface area contributed by atoms with Crippen LogP contribution in [0.2, 0.25) is 0 Å². The quantitative estimate of drug-likeness (QED) is 0.747. The van der Waals surface area contributed by atoms with E-state index < -0.39 is 15.9 Å². The zero-order valence-electron chi connectivity index (χ0n) is 10.1. The van der Waals surface area contributed by atoms with Crippen LogP contribution in [0.5, 0.6) is 5.75 Å². The van der Waals surface area contributed by atoms with Gasteiger partial charge in [0.05, 0.1) is 17.5 Å². The largest absolute Gasteiger partial charge is 0.505 e. The molecule has 0 unspecified atom stereocenters. The van der Waals surface area contributed by atoms with Crippen LogP contribution in [0.1, 0.15) is 10.4 Å². The Morgan fingerprint density at radius 3 is 2.72 bits per heavy atom. The first-order chi connectivity index (χ1) is 8.34. The van der Waals surface area contributed by atoms with Crippen LogP contribution < -0.4 is 5.32 Å². The third-order valence-electron chi connectivity index (χ3n) is 2.25. The highest BCUT2D eigenvalue weighted by Gasteiger charge is 2.15. The molecule has 0 saturated heterocycles. The van der Waals surface area contributed by atoms with Gasteiger partial charge in [0.1, 0.15) is 5.75 Å². The highest BCUT2D eigenvalue weighted by Crippen LogP contribution is 2.13. The van der Waals surface area contributed by atoms with Crippen molar-refractivity contribution >= 4 is 15.9 Å². The summed E-state index contributed by atoms with van der Waals surface area (Å²) in [6.07, 6.45) is 2.51. The second-order valence-electron chi connectivity index (χ2n) is 3.75. The van der Waals surface area contributed by atoms with Crippen molar-refractivity contribution in [2.24, 2.45) is 0 Å². The Morgan fingerprint density at radius 2 is 2.17 bits per heavy atom. The van der Waals surface area contributed by atoms with Gasteiger partial charge in [0.25, 0.3) is 5.91 Å². The van der Waals surface area contributed by atoms with Gasteiger partial charge < -0.3 is 10.4 Å². The fourth-order valence-electron chi connectivity index (χ4n) is 1.15. The molecule has 18 heavy (non-hydrogen) atoms. The molecule has 1 aromatic heterocycles. The van der Waals surface area contributed by atoms with E-state index in [1.807, 2.05) is 0 Å². The molecule has 1 amide bonds. The number of hydrogen-bond acceptors (Lipinski definition) is 5. The molecule has 0 aliphatic rings. The van der Waals surface area contributed by atoms with E-state index in [1.54, 1.807) is 0 Å². The van der Waals surface area contributed by atoms with Gasteiger partial charge in [-0.25, -0.2) is 12.7 Å². The highest BCUT2D eigenvalue weighted by atomic mass is 32.2. The van der Waals surface area contributed by atoms with Crippen LogP contribution in [0, 0.1) is 0 Å². The zero-order valence-corrected chi connectivity index (χ0v) is 10.9. The fourth-order valence-corrected chi connectivity index (χ4v) is 1.87. The molecular weight excluding hydrogens is 258 g/mol. The van der Waals surface area contributed by atoms with Crippen molar-refractivity contribution in [2.75, 3.05) is 26.4 Å². The number of hydrogen-bond donors (Lipinski definition) is 2. The molecule has 2 N–H and O–H groups in total. The minimum Gasteiger partial charge on any atom is -0.505 e. The molecule has 0 radical (unpaired) electrons. The summed E-state index contributed by atoms with van der Waals surface area (Å²) in [6.45, 7) is -0.0267. The molecule has 0 aliphatic heterocycles. The number of nitrogens with zero attached hydrogens (tertiary/aromatic N) is 2. The zero-order chi connectivity index (χ0) is 13.8. The molecule has 0 atom stereocenters. The highest BCUT2D eigenvalue weighted by molar-refractivity contribution is 7.89. The first-order valence-corrected chi connectivity index (χ1v) is 6.77. The molecule has 7 nitrogen and oxygen atoms in total. The van der Waals surface area contributed by atoms with Gasteiger partial charge in [-0.05, 0) is 6.07 Å². The second-order valence-corrected chi connectivity index (χ2v) is 6.05. The lowest BCUT2D eigenvalue weighted by molar-refractivity contribution is 0.0953. The minimum atomic E-state index is -3.34. The summed E-state index contributed by atoms with van der Waals surface area (Å²) in [4.78, 5) is 15.3. The molecule has 1 aromatic rings. The minimum absolute atomic E-state index is 0.0267. The van der Waals surface area contributed by atoms with Crippen LogP contribution in [-0.4, -0.2) is 55.1 Å². The Labute approximate surface area is 106 Å². The third-order valence-corrected chi connectivity index (χ3v) is 4.08. The number of carbonyl (C=O) groups is 1. The summed E-state index contributed by atoms with van der Waals surface area (Å²) < 4.78 is 23.9. The molecule has 0 fully saturated rings. The van der Waals surface area contributed by atoms with Crippen LogP contribution in [0.4, 0.5) is 0 Å². The number of sulfonamides is 1. The van der Waals surface area contributed by atoms with Crippen molar-refractivity contribution in [3.63, 3.8) is 0 Å². The van der Waals surface area contributed by atoms with E-state index in [0.29, 0.717) is 0 Å². The second kappa shape index (κ2) is 5.78. The molecule has 1 rings (SSSR count). The molecular formula is C10H15N3O4S. The summed E-state index contributed by atoms with van der Waals surface area (Å²) in [6, 6.07) is 1.35. The lowest BCUT2D eigenvalue weighted by Gasteiger charge is -2.11. The van der Waals surface area contributed by atoms with Crippen molar-refractivity contribution in [3.05, 3.63) is 24.0 Å². The summed E-state index contributed by atoms with van der Waals surface area (Å²) in [5.74, 6) is -0.980. The van der Waals surface area contributed by atoms with E-state index in [9.17, 15) is 18.3 Å². The van der Waals surface area contributed by atoms with Gasteiger partial charge in [-0.15, -0.1) is 0 Å². The molecule has 0 saturated carbocycles. The third kappa shape index (κ3) is 3.67. The van der Waals surface area contributed by atoms with Crippen molar-refractivity contribution in [1.29, 1.82) is 0 Å². The lowest BCUT2D eigenvalue weighted by Crippen LogP contribution is -2.33. The molecule has 1 heterocycles. The number of nitrogens with one attached hydrogen (secondary N) is 1. The van der Waals surface area contributed by atoms with Crippen molar-refractivity contribution < 1.29 is 18.3 Å². The fraction of sp³-hybridized carbons (Fsp3) is 0.400. The molecule has 8 heteroatoms. The number of amides is 1. The Hall–Kier alpha value is -1.67. The molecule has 0 bridgehead atoms. The van der Waals surface area contributed by atoms with E-state index >= 15 is 0 Å². The SMILES string of the molecule is CN(C)S(=O)(=O)CCNC(=O)c1ccncc1O. The van der Waals surface area contributed by atoms with Crippen LogP contribution in [0.15, 0.2) is 18.5 Å². The van der Waals surface area contributed by atoms with E-state index in [-0.39, 0.29) is 23.6 Å². The van der Waals surface area contributed by atoms with Crippen molar-refractivity contribution in [1.82, 2.24) is 14.6 Å². The summed E-state index contributed by atoms with van der Waals surface area (Å²) in [5.41, 5.74) is 0.0623. The van der Waals surface area contributed by atoms with Crippen LogP contribution >= 0.6 is 0 Å². The number of rotatable bonds is 5. The summed E-state index contributed by atoms with van der Waals surface area (Å²) in [5, 5.41) is 11.8. The molecule has 0 aromatic carbocycles. The standard InChI is InChI=1S/C10H15N3O4S/c1-13(2)18(16,17)6-5-12-10(15)8-3-4-11-7-9(8)14/h3-4,7,14H,5-6H2,1-2H3,(H,12,15). The van der Waals surface area contributed by atoms with Gasteiger partial charge in [0.2, 0.25) is 10.0 Å². The Kier molecular flexibility index (Phi) is 4.62. The maximum atomic E-state index is 11.6. The first kappa shape index (κ1) is 14.4. The summed E-state index contributed by atoms with van der Waals surface area (Å²) in [7, 11) is -0.497. The first-order valence-electron chi connectivity index (χ1n) is 5.16. The topological polar surface area (TPSA) is 99.6 Å². The number of pyridine rings is 1. The van der Waals surface area contributed by atoms with Gasteiger partial charge in [-0.1, -0.05) is 0 Å². The van der Waals surface area contributed by atoms with E-state index in [1.165, 1.54) is 26.4 Å². The Bertz CT molecular complexity index is 528. The van der Waals surface area contributed by atoms with Gasteiger partial charge in [-0.2, -0.15) is 0 Å². The molecule has 0 aliphatic carbocycles. The number of aromatic hydroxyl groups is 1. The predicted molar refractivity (Wildman–Crippen MR) is 65.7 cm³/mol. The normalized spacial score (nSPS) is 11.5. The molecule has 100 valence electrons. The average molecular weight is 273 g/mol. The van der Waals surface area contributed by atoms with E-state index in [0.717, 1.165) is 10.5 Å². The van der Waals surface area contributed by atoms with Crippen molar-refractivity contribution in [3.8, 4) is 5.75 Å². The van der Waals surface area contributed by atoms with Gasteiger partial charge in [0.15, 0.2) is 0 Å². The lowest BCUT2D eigenvalue weighted by atomic mass is 10.2. The van der Waals surface area contributed by atoms with Crippen molar-refractivity contribution in [2.45, 2.75) is 0 Å². The monoisotopic (exact) mass is 273 g/mol. The number of aromatic nitrogens is 1. The van der Waals surface area contributed by atoms with Crippen LogP contribution in [0.3, 0.4) is 0 Å². The smallest absolute Gasteiger partial charge is 0.255 e. The predicted octanol–water partition coefficient (Wildman–Crippen LogP) is -0.592. The maximum Gasteiger partial charge on any atom is 0.255 e. The van der Waals surface area contributed by atoms with E-state index in [4.69, 9.17) is 0 Å². The summed E-state index contributed by atoms with van der Waals surface area (Å²) >= 11 is 0. The number of carbonyl (C=O) groups excluding carboxylic acids is 1. The Balaban J connectivity index is 2.56. The van der Waals surface area contributed by atoms with E-state index in [2.05, 4.69) is 10.3 Å². The average Bonchev–Trinajstić information content (AvgIpc) is 2.29. The van der Waals surface area contributed by atoms with Crippen LogP contribution in [0.25, 0.3) is 0 Å².